The van der Waals surface area contributed by atoms with Crippen molar-refractivity contribution >= 4 is 10.0 Å². The molecule has 0 amide bonds. The Hall–Kier alpha value is -2.71. The number of aryl methyl sites for hydroxylation is 1. The molecule has 3 rings (SSSR count). The fourth-order valence-corrected chi connectivity index (χ4v) is 4.64. The first-order chi connectivity index (χ1) is 13.6. The summed E-state index contributed by atoms with van der Waals surface area (Å²) in [4.78, 5) is 4.58. The molecule has 0 N–H and O–H groups in total. The predicted molar refractivity (Wildman–Crippen MR) is 110 cm³/mol. The fourth-order valence-electron chi connectivity index (χ4n) is 2.90. The van der Waals surface area contributed by atoms with Crippen LogP contribution in [0.1, 0.15) is 32.2 Å². The zero-order valence-electron chi connectivity index (χ0n) is 17.2. The molecular weight excluding hydrogens is 390 g/mol. The summed E-state index contributed by atoms with van der Waals surface area (Å²) in [6.07, 6.45) is 0. The van der Waals surface area contributed by atoms with Crippen LogP contribution in [0.25, 0.3) is 11.4 Å². The quantitative estimate of drug-likeness (QED) is 0.604. The molecule has 29 heavy (non-hydrogen) atoms. The van der Waals surface area contributed by atoms with Gasteiger partial charge in [-0.05, 0) is 58.0 Å². The Morgan fingerprint density at radius 2 is 1.79 bits per heavy atom. The highest BCUT2D eigenvalue weighted by Crippen LogP contribution is 2.28. The molecule has 0 saturated heterocycles. The van der Waals surface area contributed by atoms with Crippen molar-refractivity contribution in [2.45, 2.75) is 44.7 Å². The molecule has 0 fully saturated rings. The summed E-state index contributed by atoms with van der Waals surface area (Å²) >= 11 is 0. The van der Waals surface area contributed by atoms with Crippen LogP contribution in [0.15, 0.2) is 57.9 Å². The third-order valence-electron chi connectivity index (χ3n) is 4.42. The summed E-state index contributed by atoms with van der Waals surface area (Å²) < 4.78 is 38.4. The van der Waals surface area contributed by atoms with Gasteiger partial charge in [-0.25, -0.2) is 8.42 Å². The van der Waals surface area contributed by atoms with Crippen molar-refractivity contribution in [1.29, 1.82) is 0 Å². The van der Waals surface area contributed by atoms with Crippen molar-refractivity contribution in [2.24, 2.45) is 0 Å². The number of ether oxygens (including phenoxy) is 1. The zero-order chi connectivity index (χ0) is 21.2. The summed E-state index contributed by atoms with van der Waals surface area (Å²) in [5.41, 5.74) is 1.20. The first-order valence-corrected chi connectivity index (χ1v) is 10.6. The molecule has 154 valence electrons. The van der Waals surface area contributed by atoms with Gasteiger partial charge in [0.05, 0.1) is 18.6 Å². The van der Waals surface area contributed by atoms with E-state index in [4.69, 9.17) is 9.26 Å². The SMILES string of the molecule is COc1ccc(S(=O)(=O)N(Cc2nc(-c3cccc(C)c3)no2)C(C)(C)C)cc1. The normalized spacial score (nSPS) is 12.3. The van der Waals surface area contributed by atoms with Crippen molar-refractivity contribution in [3.05, 3.63) is 60.0 Å². The van der Waals surface area contributed by atoms with Crippen LogP contribution in [0.2, 0.25) is 0 Å². The van der Waals surface area contributed by atoms with Crippen LogP contribution in [0.4, 0.5) is 0 Å². The summed E-state index contributed by atoms with van der Waals surface area (Å²) in [5, 5.41) is 4.02. The van der Waals surface area contributed by atoms with Gasteiger partial charge in [0.15, 0.2) is 0 Å². The monoisotopic (exact) mass is 415 g/mol. The molecule has 0 radical (unpaired) electrons. The summed E-state index contributed by atoms with van der Waals surface area (Å²) in [5.74, 6) is 1.25. The van der Waals surface area contributed by atoms with Gasteiger partial charge in [-0.1, -0.05) is 28.9 Å². The minimum atomic E-state index is -3.79. The first-order valence-electron chi connectivity index (χ1n) is 9.18. The molecule has 0 bridgehead atoms. The van der Waals surface area contributed by atoms with E-state index in [0.717, 1.165) is 11.1 Å². The second kappa shape index (κ2) is 7.96. The van der Waals surface area contributed by atoms with E-state index in [2.05, 4.69) is 10.1 Å². The first kappa shape index (κ1) is 21.0. The van der Waals surface area contributed by atoms with E-state index in [1.807, 2.05) is 52.0 Å². The molecule has 0 spiro atoms. The average Bonchev–Trinajstić information content (AvgIpc) is 3.14. The van der Waals surface area contributed by atoms with Crippen LogP contribution < -0.4 is 4.74 Å². The van der Waals surface area contributed by atoms with Gasteiger partial charge >= 0.3 is 0 Å². The average molecular weight is 416 g/mol. The molecule has 0 aliphatic rings. The molecule has 0 atom stereocenters. The van der Waals surface area contributed by atoms with Crippen LogP contribution in [0.5, 0.6) is 5.75 Å². The lowest BCUT2D eigenvalue weighted by Crippen LogP contribution is -2.45. The largest absolute Gasteiger partial charge is 0.497 e. The number of rotatable bonds is 6. The van der Waals surface area contributed by atoms with E-state index in [1.165, 1.54) is 23.5 Å². The molecule has 0 saturated carbocycles. The lowest BCUT2D eigenvalue weighted by molar-refractivity contribution is 0.214. The van der Waals surface area contributed by atoms with Crippen LogP contribution in [-0.2, 0) is 16.6 Å². The van der Waals surface area contributed by atoms with Crippen LogP contribution in [-0.4, -0.2) is 35.5 Å². The number of hydrogen-bond acceptors (Lipinski definition) is 6. The maximum absolute atomic E-state index is 13.3. The van der Waals surface area contributed by atoms with Crippen molar-refractivity contribution < 1.29 is 17.7 Å². The van der Waals surface area contributed by atoms with Crippen molar-refractivity contribution in [3.63, 3.8) is 0 Å². The number of nitrogens with zero attached hydrogens (tertiary/aromatic N) is 3. The molecule has 0 unspecified atom stereocenters. The third kappa shape index (κ3) is 4.65. The van der Waals surface area contributed by atoms with Gasteiger partial charge < -0.3 is 9.26 Å². The fraction of sp³-hybridized carbons (Fsp3) is 0.333. The molecule has 1 heterocycles. The van der Waals surface area contributed by atoms with Gasteiger partial charge in [-0.15, -0.1) is 0 Å². The van der Waals surface area contributed by atoms with Crippen molar-refractivity contribution in [3.8, 4) is 17.1 Å². The molecule has 3 aromatic rings. The molecule has 8 heteroatoms. The second-order valence-electron chi connectivity index (χ2n) is 7.74. The van der Waals surface area contributed by atoms with Gasteiger partial charge in [0.2, 0.25) is 21.7 Å². The summed E-state index contributed by atoms with van der Waals surface area (Å²) in [7, 11) is -2.26. The molecular formula is C21H25N3O4S. The van der Waals surface area contributed by atoms with Gasteiger partial charge in [0.25, 0.3) is 0 Å². The van der Waals surface area contributed by atoms with Crippen molar-refractivity contribution in [2.75, 3.05) is 7.11 Å². The highest BCUT2D eigenvalue weighted by molar-refractivity contribution is 7.89. The highest BCUT2D eigenvalue weighted by atomic mass is 32.2. The zero-order valence-corrected chi connectivity index (χ0v) is 18.0. The Bertz CT molecular complexity index is 1080. The number of aromatic nitrogens is 2. The van der Waals surface area contributed by atoms with E-state index in [1.54, 1.807) is 12.1 Å². The van der Waals surface area contributed by atoms with Gasteiger partial charge in [-0.2, -0.15) is 9.29 Å². The van der Waals surface area contributed by atoms with E-state index in [0.29, 0.717) is 11.6 Å². The minimum absolute atomic E-state index is 0.0311. The molecule has 2 aromatic carbocycles. The standard InChI is InChI=1S/C21H25N3O4S/c1-15-7-6-8-16(13-15)20-22-19(28-23-20)14-24(21(2,3)4)29(25,26)18-11-9-17(27-5)10-12-18/h6-13H,14H2,1-5H3. The van der Waals surface area contributed by atoms with E-state index >= 15 is 0 Å². The molecule has 7 nitrogen and oxygen atoms in total. The number of sulfonamides is 1. The van der Waals surface area contributed by atoms with Crippen LogP contribution >= 0.6 is 0 Å². The number of benzene rings is 2. The maximum Gasteiger partial charge on any atom is 0.244 e. The third-order valence-corrected chi connectivity index (χ3v) is 6.54. The van der Waals surface area contributed by atoms with Gasteiger partial charge in [-0.3, -0.25) is 0 Å². The Labute approximate surface area is 171 Å². The van der Waals surface area contributed by atoms with Crippen molar-refractivity contribution in [1.82, 2.24) is 14.4 Å². The summed E-state index contributed by atoms with van der Waals surface area (Å²) in [6.45, 7) is 7.42. The smallest absolute Gasteiger partial charge is 0.244 e. The predicted octanol–water partition coefficient (Wildman–Crippen LogP) is 4.04. The minimum Gasteiger partial charge on any atom is -0.497 e. The van der Waals surface area contributed by atoms with E-state index < -0.39 is 15.6 Å². The Kier molecular flexibility index (Phi) is 5.77. The molecule has 0 aliphatic carbocycles. The molecule has 0 aliphatic heterocycles. The lowest BCUT2D eigenvalue weighted by atomic mass is 10.1. The van der Waals surface area contributed by atoms with Gasteiger partial charge in [0, 0.05) is 11.1 Å². The topological polar surface area (TPSA) is 85.5 Å². The molecule has 1 aromatic heterocycles. The Balaban J connectivity index is 1.92. The second-order valence-corrected chi connectivity index (χ2v) is 9.60. The lowest BCUT2D eigenvalue weighted by Gasteiger charge is -2.33. The Morgan fingerprint density at radius 1 is 1.10 bits per heavy atom. The van der Waals surface area contributed by atoms with E-state index in [9.17, 15) is 8.42 Å². The number of methoxy groups -OCH3 is 1. The summed E-state index contributed by atoms with van der Waals surface area (Å²) in [6, 6.07) is 14.0. The van der Waals surface area contributed by atoms with Gasteiger partial charge in [0.1, 0.15) is 5.75 Å². The number of hydrogen-bond donors (Lipinski definition) is 0. The highest BCUT2D eigenvalue weighted by Gasteiger charge is 2.35. The van der Waals surface area contributed by atoms with Crippen LogP contribution in [0, 0.1) is 6.92 Å². The van der Waals surface area contributed by atoms with Crippen LogP contribution in [0.3, 0.4) is 0 Å². The maximum atomic E-state index is 13.3. The van der Waals surface area contributed by atoms with E-state index in [-0.39, 0.29) is 17.3 Å². The Morgan fingerprint density at radius 3 is 2.38 bits per heavy atom.